The van der Waals surface area contributed by atoms with Crippen LogP contribution >= 0.6 is 0 Å². The molecule has 0 amide bonds. The van der Waals surface area contributed by atoms with E-state index in [2.05, 4.69) is 10.6 Å². The van der Waals surface area contributed by atoms with Gasteiger partial charge < -0.3 is 20.1 Å². The minimum absolute atomic E-state index is 0.0947. The summed E-state index contributed by atoms with van der Waals surface area (Å²) in [5.41, 5.74) is 2.09. The van der Waals surface area contributed by atoms with E-state index in [9.17, 15) is 10.1 Å². The Morgan fingerprint density at radius 2 is 1.75 bits per heavy atom. The minimum atomic E-state index is -0.404. The van der Waals surface area contributed by atoms with Crippen molar-refractivity contribution in [3.8, 4) is 11.5 Å². The highest BCUT2D eigenvalue weighted by Gasteiger charge is 2.11. The summed E-state index contributed by atoms with van der Waals surface area (Å²) in [7, 11) is 0. The van der Waals surface area contributed by atoms with Crippen molar-refractivity contribution in [1.82, 2.24) is 5.32 Å². The third kappa shape index (κ3) is 4.14. The average molecular weight is 329 g/mol. The number of rotatable bonds is 7. The first-order valence-electron chi connectivity index (χ1n) is 7.80. The molecule has 0 radical (unpaired) electrons. The SMILES string of the molecule is O=[N+]([O-])c1ccc(NCCNCc2ccc3c(c2)OCCO3)cc1. The van der Waals surface area contributed by atoms with E-state index in [0.29, 0.717) is 13.2 Å². The Morgan fingerprint density at radius 1 is 1.00 bits per heavy atom. The maximum atomic E-state index is 10.6. The smallest absolute Gasteiger partial charge is 0.269 e. The average Bonchev–Trinajstić information content (AvgIpc) is 2.61. The largest absolute Gasteiger partial charge is 0.486 e. The molecule has 1 aliphatic rings. The van der Waals surface area contributed by atoms with E-state index in [1.165, 1.54) is 12.1 Å². The lowest BCUT2D eigenvalue weighted by molar-refractivity contribution is -0.384. The Bertz CT molecular complexity index is 703. The van der Waals surface area contributed by atoms with Crippen LogP contribution in [0.25, 0.3) is 0 Å². The number of nitro groups is 1. The topological polar surface area (TPSA) is 85.7 Å². The zero-order valence-corrected chi connectivity index (χ0v) is 13.2. The number of nitrogens with one attached hydrogen (secondary N) is 2. The highest BCUT2D eigenvalue weighted by atomic mass is 16.6. The molecule has 0 aromatic heterocycles. The third-order valence-electron chi connectivity index (χ3n) is 3.64. The molecule has 2 aromatic carbocycles. The Labute approximate surface area is 139 Å². The number of ether oxygens (including phenoxy) is 2. The highest BCUT2D eigenvalue weighted by Crippen LogP contribution is 2.30. The summed E-state index contributed by atoms with van der Waals surface area (Å²) >= 11 is 0. The van der Waals surface area contributed by atoms with Crippen molar-refractivity contribution in [3.05, 3.63) is 58.1 Å². The Hall–Kier alpha value is -2.80. The second kappa shape index (κ2) is 7.65. The number of hydrogen-bond donors (Lipinski definition) is 2. The summed E-state index contributed by atoms with van der Waals surface area (Å²) < 4.78 is 11.1. The van der Waals surface area contributed by atoms with Crippen molar-refractivity contribution in [1.29, 1.82) is 0 Å². The lowest BCUT2D eigenvalue weighted by Gasteiger charge is -2.19. The predicted octanol–water partition coefficient (Wildman–Crippen LogP) is 2.57. The van der Waals surface area contributed by atoms with Crippen LogP contribution in [0.5, 0.6) is 11.5 Å². The zero-order valence-electron chi connectivity index (χ0n) is 13.2. The van der Waals surface area contributed by atoms with Crippen LogP contribution in [0.2, 0.25) is 0 Å². The van der Waals surface area contributed by atoms with Crippen LogP contribution in [0.4, 0.5) is 11.4 Å². The van der Waals surface area contributed by atoms with Gasteiger partial charge in [0, 0.05) is 37.5 Å². The number of non-ortho nitro benzene ring substituents is 1. The van der Waals surface area contributed by atoms with Gasteiger partial charge in [0.25, 0.3) is 5.69 Å². The van der Waals surface area contributed by atoms with Crippen LogP contribution in [0.15, 0.2) is 42.5 Å². The van der Waals surface area contributed by atoms with Gasteiger partial charge >= 0.3 is 0 Å². The van der Waals surface area contributed by atoms with Gasteiger partial charge in [-0.05, 0) is 29.8 Å². The normalized spacial score (nSPS) is 12.7. The van der Waals surface area contributed by atoms with Gasteiger partial charge in [-0.2, -0.15) is 0 Å². The number of nitro benzene ring substituents is 1. The van der Waals surface area contributed by atoms with Crippen LogP contribution in [0, 0.1) is 10.1 Å². The molecule has 126 valence electrons. The molecular formula is C17H19N3O4. The molecule has 7 nitrogen and oxygen atoms in total. The molecule has 24 heavy (non-hydrogen) atoms. The molecule has 0 unspecified atom stereocenters. The molecule has 0 aliphatic carbocycles. The Morgan fingerprint density at radius 3 is 2.50 bits per heavy atom. The second-order valence-electron chi connectivity index (χ2n) is 5.39. The molecule has 0 saturated carbocycles. The quantitative estimate of drug-likeness (QED) is 0.461. The van der Waals surface area contributed by atoms with Gasteiger partial charge in [0.2, 0.25) is 0 Å². The summed E-state index contributed by atoms with van der Waals surface area (Å²) in [6, 6.07) is 12.3. The van der Waals surface area contributed by atoms with Gasteiger partial charge in [0.1, 0.15) is 13.2 Å². The van der Waals surface area contributed by atoms with Crippen molar-refractivity contribution in [3.63, 3.8) is 0 Å². The van der Waals surface area contributed by atoms with Crippen molar-refractivity contribution in [2.45, 2.75) is 6.54 Å². The standard InChI is InChI=1S/C17H19N3O4/c21-20(22)15-4-2-14(3-5-15)19-8-7-18-12-13-1-6-16-17(11-13)24-10-9-23-16/h1-6,11,18-19H,7-10,12H2. The van der Waals surface area contributed by atoms with Gasteiger partial charge in [-0.15, -0.1) is 0 Å². The van der Waals surface area contributed by atoms with Crippen LogP contribution in [-0.4, -0.2) is 31.2 Å². The monoisotopic (exact) mass is 329 g/mol. The molecule has 0 atom stereocenters. The van der Waals surface area contributed by atoms with Gasteiger partial charge in [-0.25, -0.2) is 0 Å². The van der Waals surface area contributed by atoms with E-state index in [1.54, 1.807) is 12.1 Å². The van der Waals surface area contributed by atoms with E-state index in [1.807, 2.05) is 18.2 Å². The predicted molar refractivity (Wildman–Crippen MR) is 90.7 cm³/mol. The lowest BCUT2D eigenvalue weighted by atomic mass is 10.2. The van der Waals surface area contributed by atoms with Crippen LogP contribution < -0.4 is 20.1 Å². The van der Waals surface area contributed by atoms with Gasteiger partial charge in [0.15, 0.2) is 11.5 Å². The lowest BCUT2D eigenvalue weighted by Crippen LogP contribution is -2.22. The molecule has 0 bridgehead atoms. The van der Waals surface area contributed by atoms with Crippen molar-refractivity contribution >= 4 is 11.4 Å². The molecule has 0 fully saturated rings. The third-order valence-corrected chi connectivity index (χ3v) is 3.64. The van der Waals surface area contributed by atoms with Crippen molar-refractivity contribution in [2.75, 3.05) is 31.6 Å². The summed E-state index contributed by atoms with van der Waals surface area (Å²) in [6.07, 6.45) is 0. The van der Waals surface area contributed by atoms with Gasteiger partial charge in [-0.3, -0.25) is 10.1 Å². The molecule has 1 heterocycles. The first-order valence-corrected chi connectivity index (χ1v) is 7.80. The van der Waals surface area contributed by atoms with Crippen LogP contribution in [0.3, 0.4) is 0 Å². The summed E-state index contributed by atoms with van der Waals surface area (Å²) in [4.78, 5) is 10.2. The second-order valence-corrected chi connectivity index (χ2v) is 5.39. The fourth-order valence-corrected chi connectivity index (χ4v) is 2.43. The van der Waals surface area contributed by atoms with E-state index in [0.717, 1.165) is 42.4 Å². The van der Waals surface area contributed by atoms with E-state index < -0.39 is 4.92 Å². The molecular weight excluding hydrogens is 310 g/mol. The highest BCUT2D eigenvalue weighted by molar-refractivity contribution is 5.48. The summed E-state index contributed by atoms with van der Waals surface area (Å²) in [5.74, 6) is 1.59. The minimum Gasteiger partial charge on any atom is -0.486 e. The molecule has 0 saturated heterocycles. The Kier molecular flexibility index (Phi) is 5.12. The van der Waals surface area contributed by atoms with Gasteiger partial charge in [-0.1, -0.05) is 6.07 Å². The fraction of sp³-hybridized carbons (Fsp3) is 0.294. The zero-order chi connectivity index (χ0) is 16.8. The molecule has 2 N–H and O–H groups in total. The molecule has 0 spiro atoms. The molecule has 3 rings (SSSR count). The first-order chi connectivity index (χ1) is 11.7. The van der Waals surface area contributed by atoms with E-state index in [-0.39, 0.29) is 5.69 Å². The molecule has 2 aromatic rings. The number of benzene rings is 2. The van der Waals surface area contributed by atoms with E-state index in [4.69, 9.17) is 9.47 Å². The van der Waals surface area contributed by atoms with E-state index >= 15 is 0 Å². The van der Waals surface area contributed by atoms with Crippen molar-refractivity contribution < 1.29 is 14.4 Å². The maximum Gasteiger partial charge on any atom is 0.269 e. The fourth-order valence-electron chi connectivity index (χ4n) is 2.43. The Balaban J connectivity index is 1.40. The maximum absolute atomic E-state index is 10.6. The number of nitrogens with zero attached hydrogens (tertiary/aromatic N) is 1. The number of hydrogen-bond acceptors (Lipinski definition) is 6. The van der Waals surface area contributed by atoms with Gasteiger partial charge in [0.05, 0.1) is 4.92 Å². The number of fused-ring (bicyclic) bond motifs is 1. The van der Waals surface area contributed by atoms with Crippen LogP contribution in [0.1, 0.15) is 5.56 Å². The first kappa shape index (κ1) is 16.1. The van der Waals surface area contributed by atoms with Crippen LogP contribution in [-0.2, 0) is 6.54 Å². The molecule has 7 heteroatoms. The summed E-state index contributed by atoms with van der Waals surface area (Å²) in [6.45, 7) is 3.41. The van der Waals surface area contributed by atoms with Crippen molar-refractivity contribution in [2.24, 2.45) is 0 Å². The summed E-state index contributed by atoms with van der Waals surface area (Å²) in [5, 5.41) is 17.2. The molecule has 1 aliphatic heterocycles. The number of anilines is 1.